The summed E-state index contributed by atoms with van der Waals surface area (Å²) in [6.45, 7) is 5.17. The number of benzene rings is 2. The Hall–Kier alpha value is -3.62. The van der Waals surface area contributed by atoms with Crippen LogP contribution < -0.4 is 10.6 Å². The van der Waals surface area contributed by atoms with Gasteiger partial charge in [0, 0.05) is 52.1 Å². The molecule has 7 nitrogen and oxygen atoms in total. The van der Waals surface area contributed by atoms with Gasteiger partial charge in [-0.2, -0.15) is 0 Å². The summed E-state index contributed by atoms with van der Waals surface area (Å²) in [6, 6.07) is 17.2. The molecule has 1 aliphatic rings. The summed E-state index contributed by atoms with van der Waals surface area (Å²) in [7, 11) is 0. The van der Waals surface area contributed by atoms with Gasteiger partial charge in [0.05, 0.1) is 5.69 Å². The minimum atomic E-state index is -0.159. The number of aromatic nitrogens is 3. The number of rotatable bonds is 7. The summed E-state index contributed by atoms with van der Waals surface area (Å²) in [5.41, 5.74) is 6.02. The molecule has 0 aliphatic carbocycles. The van der Waals surface area contributed by atoms with E-state index in [-0.39, 0.29) is 5.91 Å². The number of hydrogen-bond donors (Lipinski definition) is 2. The van der Waals surface area contributed by atoms with Crippen LogP contribution in [-0.2, 0) is 6.54 Å². The standard InChI is InChI=1S/C28H27BrN6O/c1-19-6-9-23(16-26(19)34-28-31-12-10-25(33-28)21-5-4-11-30-17-21)32-27(36)20-7-8-22(24(29)15-20)18-35-13-2-3-14-35/h4-12,15-17H,2-3,13-14,18H2,1H3,(H,32,36)(H,31,33,34). The molecule has 182 valence electrons. The van der Waals surface area contributed by atoms with Gasteiger partial charge in [-0.05, 0) is 86.4 Å². The summed E-state index contributed by atoms with van der Waals surface area (Å²) < 4.78 is 0.957. The van der Waals surface area contributed by atoms with Crippen molar-refractivity contribution >= 4 is 39.2 Å². The van der Waals surface area contributed by atoms with Gasteiger partial charge in [-0.1, -0.05) is 28.1 Å². The number of nitrogens with one attached hydrogen (secondary N) is 2. The molecule has 0 radical (unpaired) electrons. The molecule has 4 aromatic rings. The average molecular weight is 543 g/mol. The first-order valence-corrected chi connectivity index (χ1v) is 12.8. The van der Waals surface area contributed by atoms with Crippen molar-refractivity contribution in [1.29, 1.82) is 0 Å². The third-order valence-electron chi connectivity index (χ3n) is 6.26. The van der Waals surface area contributed by atoms with Crippen LogP contribution in [-0.4, -0.2) is 38.8 Å². The van der Waals surface area contributed by atoms with Gasteiger partial charge < -0.3 is 10.6 Å². The molecule has 8 heteroatoms. The number of carbonyl (C=O) groups is 1. The van der Waals surface area contributed by atoms with Crippen LogP contribution in [0, 0.1) is 6.92 Å². The maximum Gasteiger partial charge on any atom is 0.255 e. The Labute approximate surface area is 219 Å². The van der Waals surface area contributed by atoms with Crippen LogP contribution in [0.5, 0.6) is 0 Å². The monoisotopic (exact) mass is 542 g/mol. The molecule has 0 saturated carbocycles. The lowest BCUT2D eigenvalue weighted by atomic mass is 10.1. The van der Waals surface area contributed by atoms with Crippen LogP contribution in [0.2, 0.25) is 0 Å². The number of likely N-dealkylation sites (tertiary alicyclic amines) is 1. The molecule has 1 fully saturated rings. The third kappa shape index (κ3) is 5.78. The SMILES string of the molecule is Cc1ccc(NC(=O)c2ccc(CN3CCCC3)c(Br)c2)cc1Nc1nccc(-c2cccnc2)n1. The Morgan fingerprint density at radius 1 is 1.06 bits per heavy atom. The highest BCUT2D eigenvalue weighted by Gasteiger charge is 2.15. The van der Waals surface area contributed by atoms with E-state index in [1.807, 2.05) is 61.5 Å². The molecule has 2 N–H and O–H groups in total. The summed E-state index contributed by atoms with van der Waals surface area (Å²) >= 11 is 3.65. The summed E-state index contributed by atoms with van der Waals surface area (Å²) in [5, 5.41) is 6.29. The molecular formula is C28H27BrN6O. The van der Waals surface area contributed by atoms with Crippen molar-refractivity contribution in [1.82, 2.24) is 19.9 Å². The lowest BCUT2D eigenvalue weighted by molar-refractivity contribution is 0.102. The molecule has 1 aliphatic heterocycles. The normalized spacial score (nSPS) is 13.5. The number of aryl methyl sites for hydroxylation is 1. The molecule has 36 heavy (non-hydrogen) atoms. The molecule has 2 aromatic heterocycles. The fourth-order valence-corrected chi connectivity index (χ4v) is 4.75. The zero-order valence-electron chi connectivity index (χ0n) is 20.0. The van der Waals surface area contributed by atoms with Crippen LogP contribution in [0.25, 0.3) is 11.3 Å². The Balaban J connectivity index is 1.29. The van der Waals surface area contributed by atoms with Crippen LogP contribution in [0.3, 0.4) is 0 Å². The second kappa shape index (κ2) is 11.0. The largest absolute Gasteiger partial charge is 0.324 e. The van der Waals surface area contributed by atoms with Gasteiger partial charge in [0.25, 0.3) is 5.91 Å². The van der Waals surface area contributed by atoms with Crippen molar-refractivity contribution in [2.75, 3.05) is 23.7 Å². The van der Waals surface area contributed by atoms with Gasteiger partial charge >= 0.3 is 0 Å². The van der Waals surface area contributed by atoms with Gasteiger partial charge in [-0.25, -0.2) is 9.97 Å². The van der Waals surface area contributed by atoms with E-state index in [4.69, 9.17) is 0 Å². The zero-order valence-corrected chi connectivity index (χ0v) is 21.6. The topological polar surface area (TPSA) is 83.0 Å². The van der Waals surface area contributed by atoms with E-state index in [2.05, 4.69) is 46.4 Å². The van der Waals surface area contributed by atoms with Gasteiger partial charge in [0.15, 0.2) is 0 Å². The van der Waals surface area contributed by atoms with Crippen molar-refractivity contribution in [2.45, 2.75) is 26.3 Å². The highest BCUT2D eigenvalue weighted by atomic mass is 79.9. The fourth-order valence-electron chi connectivity index (χ4n) is 4.25. The van der Waals surface area contributed by atoms with Crippen molar-refractivity contribution in [3.63, 3.8) is 0 Å². The van der Waals surface area contributed by atoms with E-state index < -0.39 is 0 Å². The van der Waals surface area contributed by atoms with Crippen LogP contribution >= 0.6 is 15.9 Å². The minimum absolute atomic E-state index is 0.159. The smallest absolute Gasteiger partial charge is 0.255 e. The molecule has 1 amide bonds. The molecule has 3 heterocycles. The van der Waals surface area contributed by atoms with Gasteiger partial charge in [-0.15, -0.1) is 0 Å². The van der Waals surface area contributed by atoms with Gasteiger partial charge in [-0.3, -0.25) is 14.7 Å². The summed E-state index contributed by atoms with van der Waals surface area (Å²) in [6.07, 6.45) is 7.73. The van der Waals surface area contributed by atoms with Crippen LogP contribution in [0.1, 0.15) is 34.3 Å². The number of anilines is 3. The molecule has 0 unspecified atom stereocenters. The maximum absolute atomic E-state index is 13.0. The first kappa shape index (κ1) is 24.1. The lowest BCUT2D eigenvalue weighted by Crippen LogP contribution is -2.19. The Bertz CT molecular complexity index is 1370. The third-order valence-corrected chi connectivity index (χ3v) is 7.00. The lowest BCUT2D eigenvalue weighted by Gasteiger charge is -2.16. The van der Waals surface area contributed by atoms with E-state index in [0.717, 1.165) is 46.6 Å². The van der Waals surface area contributed by atoms with E-state index in [9.17, 15) is 4.79 Å². The molecule has 0 bridgehead atoms. The van der Waals surface area contributed by atoms with Crippen LogP contribution in [0.4, 0.5) is 17.3 Å². The van der Waals surface area contributed by atoms with Gasteiger partial charge in [0.2, 0.25) is 5.95 Å². The van der Waals surface area contributed by atoms with Crippen molar-refractivity contribution in [3.05, 3.63) is 94.4 Å². The van der Waals surface area contributed by atoms with E-state index in [1.54, 1.807) is 18.6 Å². The van der Waals surface area contributed by atoms with Crippen molar-refractivity contribution in [3.8, 4) is 11.3 Å². The quantitative estimate of drug-likeness (QED) is 0.289. The first-order chi connectivity index (χ1) is 17.5. The van der Waals surface area contributed by atoms with Crippen LogP contribution in [0.15, 0.2) is 77.7 Å². The predicted molar refractivity (Wildman–Crippen MR) is 146 cm³/mol. The minimum Gasteiger partial charge on any atom is -0.324 e. The number of amides is 1. The predicted octanol–water partition coefficient (Wildman–Crippen LogP) is 6.20. The second-order valence-electron chi connectivity index (χ2n) is 8.91. The number of pyridine rings is 1. The Morgan fingerprint density at radius 3 is 2.69 bits per heavy atom. The highest BCUT2D eigenvalue weighted by molar-refractivity contribution is 9.10. The first-order valence-electron chi connectivity index (χ1n) is 12.0. The molecule has 5 rings (SSSR count). The van der Waals surface area contributed by atoms with Gasteiger partial charge in [0.1, 0.15) is 0 Å². The summed E-state index contributed by atoms with van der Waals surface area (Å²) in [5.74, 6) is 0.313. The second-order valence-corrected chi connectivity index (χ2v) is 9.76. The van der Waals surface area contributed by atoms with E-state index in [0.29, 0.717) is 17.2 Å². The highest BCUT2D eigenvalue weighted by Crippen LogP contribution is 2.26. The number of hydrogen-bond acceptors (Lipinski definition) is 6. The average Bonchev–Trinajstić information content (AvgIpc) is 3.41. The molecule has 1 saturated heterocycles. The fraction of sp³-hybridized carbons (Fsp3) is 0.214. The molecular weight excluding hydrogens is 516 g/mol. The van der Waals surface area contributed by atoms with E-state index >= 15 is 0 Å². The Morgan fingerprint density at radius 2 is 1.92 bits per heavy atom. The number of halogens is 1. The Kier molecular flexibility index (Phi) is 7.34. The molecule has 0 atom stereocenters. The number of carbonyl (C=O) groups excluding carboxylic acids is 1. The zero-order chi connectivity index (χ0) is 24.9. The van der Waals surface area contributed by atoms with E-state index in [1.165, 1.54) is 18.4 Å². The summed E-state index contributed by atoms with van der Waals surface area (Å²) in [4.78, 5) is 28.6. The maximum atomic E-state index is 13.0. The number of nitrogens with zero attached hydrogens (tertiary/aromatic N) is 4. The molecule has 0 spiro atoms. The van der Waals surface area contributed by atoms with Crippen molar-refractivity contribution in [2.24, 2.45) is 0 Å². The molecule has 2 aromatic carbocycles. The van der Waals surface area contributed by atoms with Crippen molar-refractivity contribution < 1.29 is 4.79 Å².